The predicted octanol–water partition coefficient (Wildman–Crippen LogP) is 4.20. The minimum atomic E-state index is -0.619. The summed E-state index contributed by atoms with van der Waals surface area (Å²) < 4.78 is 11.6. The number of ketones is 1. The molecule has 3 aliphatic carbocycles. The lowest BCUT2D eigenvalue weighted by Crippen LogP contribution is -2.61. The number of ether oxygens (including phenoxy) is 2. The molecule has 0 bridgehead atoms. The molecule has 0 amide bonds. The fraction of sp³-hybridized carbons (Fsp3) is 0.636. The Balaban J connectivity index is 1.77. The number of carbonyl (C=O) groups is 2. The Bertz CT molecular complexity index is 751. The van der Waals surface area contributed by atoms with E-state index in [-0.39, 0.29) is 17.2 Å². The summed E-state index contributed by atoms with van der Waals surface area (Å²) in [5, 5.41) is 0. The molecule has 0 heterocycles. The van der Waals surface area contributed by atoms with Gasteiger partial charge >= 0.3 is 5.97 Å². The van der Waals surface area contributed by atoms with Crippen molar-refractivity contribution in [2.24, 2.45) is 11.3 Å². The predicted molar refractivity (Wildman–Crippen MR) is 98.2 cm³/mol. The number of esters is 1. The van der Waals surface area contributed by atoms with E-state index in [2.05, 4.69) is 19.1 Å². The smallest absolute Gasteiger partial charge is 0.303 e. The monoisotopic (exact) mass is 356 g/mol. The van der Waals surface area contributed by atoms with Crippen molar-refractivity contribution in [3.63, 3.8) is 0 Å². The Morgan fingerprint density at radius 2 is 2.00 bits per heavy atom. The number of hydrogen-bond acceptors (Lipinski definition) is 4. The van der Waals surface area contributed by atoms with Gasteiger partial charge in [0, 0.05) is 25.2 Å². The van der Waals surface area contributed by atoms with Gasteiger partial charge in [-0.3, -0.25) is 9.59 Å². The van der Waals surface area contributed by atoms with Gasteiger partial charge in [-0.05, 0) is 61.1 Å². The van der Waals surface area contributed by atoms with Gasteiger partial charge in [-0.2, -0.15) is 0 Å². The number of benzene rings is 1. The molecule has 0 spiro atoms. The van der Waals surface area contributed by atoms with Crippen molar-refractivity contribution in [1.82, 2.24) is 0 Å². The average molecular weight is 356 g/mol. The first-order chi connectivity index (χ1) is 12.4. The van der Waals surface area contributed by atoms with Gasteiger partial charge in [0.15, 0.2) is 0 Å². The molecule has 2 saturated carbocycles. The first-order valence-electron chi connectivity index (χ1n) is 9.77. The number of fused-ring (bicyclic) bond motifs is 5. The third-order valence-electron chi connectivity index (χ3n) is 7.44. The number of hydrogen-bond donors (Lipinski definition) is 0. The third kappa shape index (κ3) is 2.41. The van der Waals surface area contributed by atoms with E-state index in [1.54, 1.807) is 7.11 Å². The molecule has 0 radical (unpaired) electrons. The molecule has 0 unspecified atom stereocenters. The average Bonchev–Trinajstić information content (AvgIpc) is 2.61. The van der Waals surface area contributed by atoms with Crippen molar-refractivity contribution in [2.45, 2.75) is 70.3 Å². The normalized spacial score (nSPS) is 35.7. The number of methoxy groups -OCH3 is 1. The lowest BCUT2D eigenvalue weighted by Gasteiger charge is -2.60. The Morgan fingerprint density at radius 1 is 1.19 bits per heavy atom. The van der Waals surface area contributed by atoms with Crippen LogP contribution in [0.25, 0.3) is 0 Å². The van der Waals surface area contributed by atoms with E-state index in [9.17, 15) is 9.59 Å². The molecule has 140 valence electrons. The summed E-state index contributed by atoms with van der Waals surface area (Å²) >= 11 is 0. The van der Waals surface area contributed by atoms with Gasteiger partial charge in [0.2, 0.25) is 0 Å². The Hall–Kier alpha value is -1.84. The molecule has 4 nitrogen and oxygen atoms in total. The van der Waals surface area contributed by atoms with E-state index < -0.39 is 5.60 Å². The quantitative estimate of drug-likeness (QED) is 0.746. The SMILES string of the molecule is COc1cccc2c1CC[C@H]1[C@@H]2CC[C@]2(OC(C)=O)CC(=O)CC[C@@]12C. The zero-order valence-corrected chi connectivity index (χ0v) is 16.0. The maximum absolute atomic E-state index is 12.3. The van der Waals surface area contributed by atoms with Crippen molar-refractivity contribution in [3.8, 4) is 5.75 Å². The molecule has 4 atom stereocenters. The third-order valence-corrected chi connectivity index (χ3v) is 7.44. The van der Waals surface area contributed by atoms with Crippen molar-refractivity contribution in [3.05, 3.63) is 29.3 Å². The van der Waals surface area contributed by atoms with Gasteiger partial charge in [0.25, 0.3) is 0 Å². The summed E-state index contributed by atoms with van der Waals surface area (Å²) in [4.78, 5) is 24.2. The highest BCUT2D eigenvalue weighted by Gasteiger charge is 2.62. The summed E-state index contributed by atoms with van der Waals surface area (Å²) in [6.07, 6.45) is 5.59. The van der Waals surface area contributed by atoms with Crippen LogP contribution in [-0.4, -0.2) is 24.5 Å². The molecule has 4 heteroatoms. The van der Waals surface area contributed by atoms with E-state index in [1.807, 2.05) is 6.07 Å². The van der Waals surface area contributed by atoms with Crippen LogP contribution in [0.3, 0.4) is 0 Å². The van der Waals surface area contributed by atoms with Crippen LogP contribution >= 0.6 is 0 Å². The van der Waals surface area contributed by atoms with E-state index in [1.165, 1.54) is 18.1 Å². The zero-order valence-electron chi connectivity index (χ0n) is 16.0. The maximum Gasteiger partial charge on any atom is 0.303 e. The molecule has 0 saturated heterocycles. The van der Waals surface area contributed by atoms with Crippen molar-refractivity contribution in [2.75, 3.05) is 7.11 Å². The summed E-state index contributed by atoms with van der Waals surface area (Å²) in [6.45, 7) is 3.74. The maximum atomic E-state index is 12.3. The molecule has 0 N–H and O–H groups in total. The van der Waals surface area contributed by atoms with Crippen LogP contribution in [0.1, 0.15) is 69.4 Å². The molecule has 0 aliphatic heterocycles. The van der Waals surface area contributed by atoms with Crippen LogP contribution in [0.15, 0.2) is 18.2 Å². The first-order valence-corrected chi connectivity index (χ1v) is 9.77. The van der Waals surface area contributed by atoms with Gasteiger partial charge in [0.1, 0.15) is 17.1 Å². The van der Waals surface area contributed by atoms with Crippen LogP contribution in [-0.2, 0) is 20.7 Å². The summed E-state index contributed by atoms with van der Waals surface area (Å²) in [7, 11) is 1.74. The second kappa shape index (κ2) is 6.11. The molecule has 4 rings (SSSR count). The fourth-order valence-electron chi connectivity index (χ4n) is 6.23. The fourth-order valence-corrected chi connectivity index (χ4v) is 6.23. The topological polar surface area (TPSA) is 52.6 Å². The van der Waals surface area contributed by atoms with Crippen LogP contribution < -0.4 is 4.74 Å². The number of carbonyl (C=O) groups excluding carboxylic acids is 2. The van der Waals surface area contributed by atoms with Gasteiger partial charge in [-0.1, -0.05) is 19.1 Å². The minimum absolute atomic E-state index is 0.143. The van der Waals surface area contributed by atoms with Gasteiger partial charge in [-0.25, -0.2) is 0 Å². The Kier molecular flexibility index (Phi) is 4.13. The van der Waals surface area contributed by atoms with Gasteiger partial charge in [-0.15, -0.1) is 0 Å². The minimum Gasteiger partial charge on any atom is -0.496 e. The van der Waals surface area contributed by atoms with Gasteiger partial charge in [0.05, 0.1) is 7.11 Å². The molecule has 2 fully saturated rings. The van der Waals surface area contributed by atoms with E-state index in [0.29, 0.717) is 24.7 Å². The Morgan fingerprint density at radius 3 is 2.73 bits per heavy atom. The second-order valence-electron chi connectivity index (χ2n) is 8.54. The largest absolute Gasteiger partial charge is 0.496 e. The molecule has 26 heavy (non-hydrogen) atoms. The lowest BCUT2D eigenvalue weighted by molar-refractivity contribution is -0.206. The number of rotatable bonds is 2. The van der Waals surface area contributed by atoms with Crippen LogP contribution in [0, 0.1) is 11.3 Å². The van der Waals surface area contributed by atoms with Crippen LogP contribution in [0.2, 0.25) is 0 Å². The number of Topliss-reactive ketones (excluding diaryl/α,β-unsaturated/α-hetero) is 1. The summed E-state index contributed by atoms with van der Waals surface area (Å²) in [6, 6.07) is 6.37. The standard InChI is InChI=1S/C22H28O4/c1-14(23)26-22-12-10-17-16-5-4-6-20(25-3)18(16)7-8-19(17)21(22,2)11-9-15(24)13-22/h4-6,17,19H,7-13H2,1-3H3/t17-,19+,21+,22+/m1/s1. The first kappa shape index (κ1) is 17.6. The summed E-state index contributed by atoms with van der Waals surface area (Å²) in [5.74, 6) is 1.85. The van der Waals surface area contributed by atoms with E-state index in [0.717, 1.165) is 37.9 Å². The Labute approximate surface area is 155 Å². The van der Waals surface area contributed by atoms with E-state index >= 15 is 0 Å². The van der Waals surface area contributed by atoms with Crippen LogP contribution in [0.5, 0.6) is 5.75 Å². The second-order valence-corrected chi connectivity index (χ2v) is 8.54. The molecule has 0 aromatic heterocycles. The molecule has 3 aliphatic rings. The highest BCUT2D eigenvalue weighted by atomic mass is 16.6. The zero-order chi connectivity index (χ0) is 18.5. The van der Waals surface area contributed by atoms with E-state index in [4.69, 9.17) is 9.47 Å². The highest BCUT2D eigenvalue weighted by molar-refractivity contribution is 5.81. The van der Waals surface area contributed by atoms with Crippen molar-refractivity contribution >= 4 is 11.8 Å². The highest BCUT2D eigenvalue weighted by Crippen LogP contribution is 2.63. The van der Waals surface area contributed by atoms with Crippen molar-refractivity contribution < 1.29 is 19.1 Å². The molecule has 1 aromatic rings. The lowest BCUT2D eigenvalue weighted by atomic mass is 9.47. The summed E-state index contributed by atoms with van der Waals surface area (Å²) in [5.41, 5.74) is 1.98. The molecular weight excluding hydrogens is 328 g/mol. The van der Waals surface area contributed by atoms with Crippen molar-refractivity contribution in [1.29, 1.82) is 0 Å². The molecular formula is C22H28O4. The van der Waals surface area contributed by atoms with Gasteiger partial charge < -0.3 is 9.47 Å². The van der Waals surface area contributed by atoms with Crippen LogP contribution in [0.4, 0.5) is 0 Å². The molecule has 1 aromatic carbocycles.